The molecule has 2 unspecified atom stereocenters. The van der Waals surface area contributed by atoms with E-state index in [-0.39, 0.29) is 12.1 Å². The van der Waals surface area contributed by atoms with Crippen LogP contribution in [-0.4, -0.2) is 25.2 Å². The average Bonchev–Trinajstić information content (AvgIpc) is 3.50. The number of carbonyl (C=O) groups excluding carboxylic acids is 2. The van der Waals surface area contributed by atoms with Gasteiger partial charge in [0.05, 0.1) is 0 Å². The minimum absolute atomic E-state index is 0.132. The molecular weight excluding hydrogens is 424 g/mol. The van der Waals surface area contributed by atoms with Gasteiger partial charge in [0.1, 0.15) is 0 Å². The van der Waals surface area contributed by atoms with Gasteiger partial charge in [-0.15, -0.1) is 0 Å². The van der Waals surface area contributed by atoms with Crippen molar-refractivity contribution in [2.75, 3.05) is 23.7 Å². The van der Waals surface area contributed by atoms with Gasteiger partial charge in [0.25, 0.3) is 0 Å². The fourth-order valence-corrected chi connectivity index (χ4v) is 5.90. The smallest absolute Gasteiger partial charge is 0.319 e. The zero-order valence-corrected chi connectivity index (χ0v) is 19.9. The standard InChI is InChI=1S/C28H36N4O2/c33-27(31-25-12-10-21-6-2-8-23(21)15-25)29-17-19-4-1-5-20(14-19)18-30-28(34)32-26-13-11-22-7-3-9-24(22)16-26/h10-13,15-16,19-20H,1-9,14,17-18H2,(H2,29,31,33)(H2,30,32,34). The summed E-state index contributed by atoms with van der Waals surface area (Å²) in [5.74, 6) is 0.900. The number of amides is 4. The second-order valence-electron chi connectivity index (χ2n) is 10.2. The molecule has 0 heterocycles. The first-order valence-electron chi connectivity index (χ1n) is 13.0. The zero-order chi connectivity index (χ0) is 23.3. The number of urea groups is 2. The molecule has 34 heavy (non-hydrogen) atoms. The predicted molar refractivity (Wildman–Crippen MR) is 136 cm³/mol. The molecule has 1 fully saturated rings. The summed E-state index contributed by atoms with van der Waals surface area (Å²) in [4.78, 5) is 24.8. The van der Waals surface area contributed by atoms with Crippen molar-refractivity contribution in [3.05, 3.63) is 58.7 Å². The van der Waals surface area contributed by atoms with Gasteiger partial charge < -0.3 is 21.3 Å². The highest BCUT2D eigenvalue weighted by atomic mass is 16.2. The Kier molecular flexibility index (Phi) is 7.02. The fraction of sp³-hybridized carbons (Fsp3) is 0.500. The molecule has 3 aliphatic carbocycles. The number of anilines is 2. The highest BCUT2D eigenvalue weighted by Gasteiger charge is 2.23. The summed E-state index contributed by atoms with van der Waals surface area (Å²) < 4.78 is 0. The van der Waals surface area contributed by atoms with Crippen LogP contribution in [0.5, 0.6) is 0 Å². The van der Waals surface area contributed by atoms with Crippen molar-refractivity contribution >= 4 is 23.4 Å². The summed E-state index contributed by atoms with van der Waals surface area (Å²) in [7, 11) is 0. The highest BCUT2D eigenvalue weighted by Crippen LogP contribution is 2.29. The Hall–Kier alpha value is -3.02. The van der Waals surface area contributed by atoms with Crippen LogP contribution in [0.4, 0.5) is 21.0 Å². The topological polar surface area (TPSA) is 82.3 Å². The van der Waals surface area contributed by atoms with Crippen molar-refractivity contribution < 1.29 is 9.59 Å². The molecule has 1 saturated carbocycles. The van der Waals surface area contributed by atoms with Crippen molar-refractivity contribution in [1.29, 1.82) is 0 Å². The Morgan fingerprint density at radius 3 is 1.62 bits per heavy atom. The molecule has 0 saturated heterocycles. The summed E-state index contributed by atoms with van der Waals surface area (Å²) in [6.45, 7) is 1.35. The van der Waals surface area contributed by atoms with E-state index in [1.807, 2.05) is 12.1 Å². The van der Waals surface area contributed by atoms with Crippen LogP contribution in [0.2, 0.25) is 0 Å². The number of hydrogen-bond donors (Lipinski definition) is 4. The van der Waals surface area contributed by atoms with Crippen molar-refractivity contribution in [3.63, 3.8) is 0 Å². The van der Waals surface area contributed by atoms with Crippen LogP contribution >= 0.6 is 0 Å². The predicted octanol–water partition coefficient (Wildman–Crippen LogP) is 5.41. The zero-order valence-electron chi connectivity index (χ0n) is 19.9. The van der Waals surface area contributed by atoms with Crippen LogP contribution in [-0.2, 0) is 25.7 Å². The molecule has 2 aromatic rings. The highest BCUT2D eigenvalue weighted by molar-refractivity contribution is 5.90. The van der Waals surface area contributed by atoms with Gasteiger partial charge in [-0.1, -0.05) is 18.6 Å². The Morgan fingerprint density at radius 2 is 1.12 bits per heavy atom. The van der Waals surface area contributed by atoms with Crippen molar-refractivity contribution in [3.8, 4) is 0 Å². The van der Waals surface area contributed by atoms with E-state index in [0.29, 0.717) is 24.9 Å². The number of hydrogen-bond acceptors (Lipinski definition) is 2. The minimum atomic E-state index is -0.132. The van der Waals surface area contributed by atoms with Crippen LogP contribution in [0.25, 0.3) is 0 Å². The lowest BCUT2D eigenvalue weighted by atomic mass is 9.81. The maximum Gasteiger partial charge on any atom is 0.319 e. The van der Waals surface area contributed by atoms with Crippen LogP contribution < -0.4 is 21.3 Å². The van der Waals surface area contributed by atoms with Crippen LogP contribution in [0.15, 0.2) is 36.4 Å². The van der Waals surface area contributed by atoms with E-state index in [1.165, 1.54) is 35.1 Å². The molecule has 3 aliphatic rings. The van der Waals surface area contributed by atoms with Crippen molar-refractivity contribution in [1.82, 2.24) is 10.6 Å². The molecule has 0 bridgehead atoms. The second-order valence-corrected chi connectivity index (χ2v) is 10.2. The number of nitrogens with one attached hydrogen (secondary N) is 4. The number of benzene rings is 2. The Balaban J connectivity index is 1.02. The van der Waals surface area contributed by atoms with Crippen molar-refractivity contribution in [2.45, 2.75) is 64.2 Å². The fourth-order valence-electron chi connectivity index (χ4n) is 5.90. The maximum atomic E-state index is 12.4. The van der Waals surface area contributed by atoms with Crippen LogP contribution in [0, 0.1) is 11.8 Å². The molecule has 6 nitrogen and oxygen atoms in total. The van der Waals surface area contributed by atoms with Gasteiger partial charge in [-0.3, -0.25) is 0 Å². The quantitative estimate of drug-likeness (QED) is 0.465. The van der Waals surface area contributed by atoms with Gasteiger partial charge in [0.15, 0.2) is 0 Å². The van der Waals surface area contributed by atoms with Gasteiger partial charge in [0, 0.05) is 24.5 Å². The Labute approximate surface area is 202 Å². The minimum Gasteiger partial charge on any atom is -0.338 e. The second kappa shape index (κ2) is 10.5. The third-order valence-electron chi connectivity index (χ3n) is 7.71. The lowest BCUT2D eigenvalue weighted by Gasteiger charge is -2.29. The normalized spacial score (nSPS) is 20.8. The lowest BCUT2D eigenvalue weighted by Crippen LogP contribution is -2.38. The summed E-state index contributed by atoms with van der Waals surface area (Å²) >= 11 is 0. The molecule has 2 atom stereocenters. The van der Waals surface area contributed by atoms with E-state index < -0.39 is 0 Å². The molecule has 4 N–H and O–H groups in total. The summed E-state index contributed by atoms with van der Waals surface area (Å²) in [6.07, 6.45) is 11.3. The van der Waals surface area contributed by atoms with Crippen LogP contribution in [0.3, 0.4) is 0 Å². The van der Waals surface area contributed by atoms with Gasteiger partial charge >= 0.3 is 12.1 Å². The van der Waals surface area contributed by atoms with E-state index in [9.17, 15) is 9.59 Å². The van der Waals surface area contributed by atoms with Crippen LogP contribution in [0.1, 0.15) is 60.8 Å². The Bertz CT molecular complexity index is 969. The molecule has 0 radical (unpaired) electrons. The molecule has 6 heteroatoms. The first kappa shape index (κ1) is 22.8. The maximum absolute atomic E-state index is 12.4. The molecule has 180 valence electrons. The van der Waals surface area contributed by atoms with Crippen molar-refractivity contribution in [2.24, 2.45) is 11.8 Å². The molecule has 5 rings (SSSR count). The third-order valence-corrected chi connectivity index (χ3v) is 7.71. The first-order chi connectivity index (χ1) is 16.6. The van der Waals surface area contributed by atoms with E-state index in [4.69, 9.17) is 0 Å². The van der Waals surface area contributed by atoms with E-state index in [0.717, 1.165) is 62.7 Å². The molecule has 0 spiro atoms. The van der Waals surface area contributed by atoms with E-state index >= 15 is 0 Å². The number of carbonyl (C=O) groups is 2. The average molecular weight is 461 g/mol. The van der Waals surface area contributed by atoms with E-state index in [2.05, 4.69) is 45.5 Å². The first-order valence-corrected chi connectivity index (χ1v) is 13.0. The molecule has 2 aromatic carbocycles. The molecule has 4 amide bonds. The molecule has 0 aromatic heterocycles. The molecular formula is C28H36N4O2. The van der Waals surface area contributed by atoms with Gasteiger partial charge in [0.2, 0.25) is 0 Å². The summed E-state index contributed by atoms with van der Waals surface area (Å²) in [6, 6.07) is 12.2. The monoisotopic (exact) mass is 460 g/mol. The number of rotatable bonds is 6. The number of aryl methyl sites for hydroxylation is 4. The lowest BCUT2D eigenvalue weighted by molar-refractivity contribution is 0.230. The van der Waals surface area contributed by atoms with E-state index in [1.54, 1.807) is 0 Å². The van der Waals surface area contributed by atoms with Gasteiger partial charge in [-0.2, -0.15) is 0 Å². The summed E-state index contributed by atoms with van der Waals surface area (Å²) in [5, 5.41) is 12.1. The van der Waals surface area contributed by atoms with Gasteiger partial charge in [-0.05, 0) is 116 Å². The van der Waals surface area contributed by atoms with Gasteiger partial charge in [-0.25, -0.2) is 9.59 Å². The molecule has 0 aliphatic heterocycles. The summed E-state index contributed by atoms with van der Waals surface area (Å²) in [5.41, 5.74) is 7.29. The third kappa shape index (κ3) is 5.72. The Morgan fingerprint density at radius 1 is 0.647 bits per heavy atom. The SMILES string of the molecule is O=C(NCC1CCCC(CNC(=O)Nc2ccc3c(c2)CCC3)C1)Nc1ccc2c(c1)CCC2. The number of fused-ring (bicyclic) bond motifs is 2. The largest absolute Gasteiger partial charge is 0.338 e.